The lowest BCUT2D eigenvalue weighted by Gasteiger charge is -2.15. The lowest BCUT2D eigenvalue weighted by Crippen LogP contribution is -2.25. The Morgan fingerprint density at radius 3 is 2.74 bits per heavy atom. The average molecular weight is 331 g/mol. The molecule has 3 rings (SSSR count). The van der Waals surface area contributed by atoms with Gasteiger partial charge in [0, 0.05) is 19.0 Å². The van der Waals surface area contributed by atoms with E-state index in [0.717, 1.165) is 24.3 Å². The normalized spacial score (nSPS) is 15.0. The van der Waals surface area contributed by atoms with Gasteiger partial charge < -0.3 is 10.1 Å². The Hall–Kier alpha value is -1.85. The lowest BCUT2D eigenvalue weighted by atomic mass is 10.0. The second-order valence-electron chi connectivity index (χ2n) is 5.77. The zero-order valence-corrected chi connectivity index (χ0v) is 14.0. The number of fused-ring (bicyclic) bond motifs is 1. The molecule has 0 saturated heterocycles. The fourth-order valence-electron chi connectivity index (χ4n) is 2.75. The van der Waals surface area contributed by atoms with Crippen molar-refractivity contribution < 1.29 is 13.2 Å². The van der Waals surface area contributed by atoms with E-state index in [4.69, 9.17) is 4.74 Å². The Balaban J connectivity index is 1.58. The molecule has 0 bridgehead atoms. The largest absolute Gasteiger partial charge is 0.493 e. The van der Waals surface area contributed by atoms with Crippen molar-refractivity contribution in [2.24, 2.45) is 0 Å². The van der Waals surface area contributed by atoms with Gasteiger partial charge in [0.2, 0.25) is 0 Å². The van der Waals surface area contributed by atoms with Gasteiger partial charge in [0.05, 0.1) is 17.3 Å². The van der Waals surface area contributed by atoms with Crippen molar-refractivity contribution in [2.75, 3.05) is 18.9 Å². The fraction of sp³-hybridized carbons (Fsp3) is 0.333. The minimum Gasteiger partial charge on any atom is -0.493 e. The predicted molar refractivity (Wildman–Crippen MR) is 90.6 cm³/mol. The van der Waals surface area contributed by atoms with Crippen molar-refractivity contribution in [3.8, 4) is 5.75 Å². The van der Waals surface area contributed by atoms with Gasteiger partial charge in [-0.05, 0) is 36.2 Å². The summed E-state index contributed by atoms with van der Waals surface area (Å²) in [6.07, 6.45) is 0.943. The summed E-state index contributed by atoms with van der Waals surface area (Å²) in [6, 6.07) is 14.9. The van der Waals surface area contributed by atoms with E-state index in [0.29, 0.717) is 11.4 Å². The highest BCUT2D eigenvalue weighted by atomic mass is 32.2. The molecule has 5 heteroatoms. The van der Waals surface area contributed by atoms with Crippen molar-refractivity contribution in [3.05, 3.63) is 59.7 Å². The van der Waals surface area contributed by atoms with Gasteiger partial charge in [-0.1, -0.05) is 30.3 Å². The molecule has 0 aliphatic carbocycles. The van der Waals surface area contributed by atoms with Gasteiger partial charge in [0.1, 0.15) is 5.75 Å². The van der Waals surface area contributed by atoms with E-state index in [2.05, 4.69) is 11.4 Å². The number of rotatable bonds is 6. The topological polar surface area (TPSA) is 55.4 Å². The standard InChI is InChI=1S/C18H21NO3S/c1-14(15-7-8-18-16(13-15)9-11-22-18)19-10-12-23(20,21)17-5-3-2-4-6-17/h2-8,13-14,19H,9-12H2,1H3/t14-/m1/s1. The molecule has 0 fully saturated rings. The molecule has 0 aromatic heterocycles. The summed E-state index contributed by atoms with van der Waals surface area (Å²) < 4.78 is 30.0. The first-order valence-electron chi connectivity index (χ1n) is 7.83. The molecule has 0 unspecified atom stereocenters. The molecular formula is C18H21NO3S. The van der Waals surface area contributed by atoms with E-state index in [1.165, 1.54) is 5.56 Å². The van der Waals surface area contributed by atoms with Crippen LogP contribution in [0.5, 0.6) is 5.75 Å². The molecule has 1 atom stereocenters. The minimum absolute atomic E-state index is 0.0927. The molecule has 23 heavy (non-hydrogen) atoms. The second kappa shape index (κ2) is 6.72. The molecule has 0 spiro atoms. The smallest absolute Gasteiger partial charge is 0.179 e. The number of nitrogens with one attached hydrogen (secondary N) is 1. The van der Waals surface area contributed by atoms with Crippen molar-refractivity contribution in [1.82, 2.24) is 5.32 Å². The van der Waals surface area contributed by atoms with E-state index >= 15 is 0 Å². The third-order valence-corrected chi connectivity index (χ3v) is 5.87. The lowest BCUT2D eigenvalue weighted by molar-refractivity contribution is 0.356. The van der Waals surface area contributed by atoms with Crippen LogP contribution in [0, 0.1) is 0 Å². The molecular weight excluding hydrogens is 310 g/mol. The average Bonchev–Trinajstić information content (AvgIpc) is 3.03. The number of benzene rings is 2. The van der Waals surface area contributed by atoms with Crippen molar-refractivity contribution >= 4 is 9.84 Å². The maximum Gasteiger partial charge on any atom is 0.179 e. The zero-order chi connectivity index (χ0) is 16.3. The van der Waals surface area contributed by atoms with Crippen LogP contribution in [0.3, 0.4) is 0 Å². The number of ether oxygens (including phenoxy) is 1. The maximum absolute atomic E-state index is 12.2. The Morgan fingerprint density at radius 1 is 1.17 bits per heavy atom. The molecule has 1 aliphatic rings. The van der Waals surface area contributed by atoms with Crippen LogP contribution in [-0.4, -0.2) is 27.3 Å². The van der Waals surface area contributed by atoms with E-state index in [1.807, 2.05) is 25.1 Å². The van der Waals surface area contributed by atoms with Crippen LogP contribution in [-0.2, 0) is 16.3 Å². The summed E-state index contributed by atoms with van der Waals surface area (Å²) in [6.45, 7) is 3.22. The number of hydrogen-bond donors (Lipinski definition) is 1. The summed E-state index contributed by atoms with van der Waals surface area (Å²) >= 11 is 0. The first kappa shape index (κ1) is 16.0. The van der Waals surface area contributed by atoms with Crippen LogP contribution < -0.4 is 10.1 Å². The zero-order valence-electron chi connectivity index (χ0n) is 13.2. The van der Waals surface area contributed by atoms with Gasteiger partial charge in [-0.25, -0.2) is 8.42 Å². The molecule has 2 aromatic carbocycles. The molecule has 0 saturated carbocycles. The predicted octanol–water partition coefficient (Wildman–Crippen LogP) is 2.75. The third kappa shape index (κ3) is 3.74. The van der Waals surface area contributed by atoms with Gasteiger partial charge in [-0.15, -0.1) is 0 Å². The molecule has 0 radical (unpaired) electrons. The van der Waals surface area contributed by atoms with Gasteiger partial charge in [-0.3, -0.25) is 0 Å². The maximum atomic E-state index is 12.2. The minimum atomic E-state index is -3.23. The van der Waals surface area contributed by atoms with E-state index in [-0.39, 0.29) is 11.8 Å². The summed E-state index contributed by atoms with van der Waals surface area (Å²) in [5.41, 5.74) is 2.39. The van der Waals surface area contributed by atoms with Crippen molar-refractivity contribution in [2.45, 2.75) is 24.3 Å². The molecule has 0 amide bonds. The highest BCUT2D eigenvalue weighted by molar-refractivity contribution is 7.91. The number of hydrogen-bond acceptors (Lipinski definition) is 4. The first-order valence-corrected chi connectivity index (χ1v) is 9.48. The Labute approximate surface area is 137 Å². The summed E-state index contributed by atoms with van der Waals surface area (Å²) in [7, 11) is -3.23. The molecule has 4 nitrogen and oxygen atoms in total. The third-order valence-electron chi connectivity index (χ3n) is 4.14. The van der Waals surface area contributed by atoms with Crippen molar-refractivity contribution in [3.63, 3.8) is 0 Å². The molecule has 1 aliphatic heterocycles. The fourth-order valence-corrected chi connectivity index (χ4v) is 3.94. The Kier molecular flexibility index (Phi) is 4.68. The highest BCUT2D eigenvalue weighted by Gasteiger charge is 2.16. The Bertz CT molecular complexity index is 772. The SMILES string of the molecule is C[C@@H](NCCS(=O)(=O)c1ccccc1)c1ccc2c(c1)CCO2. The van der Waals surface area contributed by atoms with Crippen LogP contribution in [0.15, 0.2) is 53.4 Å². The van der Waals surface area contributed by atoms with Gasteiger partial charge in [-0.2, -0.15) is 0 Å². The second-order valence-corrected chi connectivity index (χ2v) is 7.88. The van der Waals surface area contributed by atoms with Crippen molar-refractivity contribution in [1.29, 1.82) is 0 Å². The van der Waals surface area contributed by atoms with Crippen LogP contribution in [0.4, 0.5) is 0 Å². The molecule has 2 aromatic rings. The van der Waals surface area contributed by atoms with E-state index < -0.39 is 9.84 Å². The van der Waals surface area contributed by atoms with Crippen LogP contribution in [0.2, 0.25) is 0 Å². The van der Waals surface area contributed by atoms with Crippen LogP contribution in [0.25, 0.3) is 0 Å². The monoisotopic (exact) mass is 331 g/mol. The Morgan fingerprint density at radius 2 is 1.96 bits per heavy atom. The molecule has 1 heterocycles. The van der Waals surface area contributed by atoms with Crippen LogP contribution in [0.1, 0.15) is 24.1 Å². The highest BCUT2D eigenvalue weighted by Crippen LogP contribution is 2.28. The summed E-state index contributed by atoms with van der Waals surface area (Å²) in [4.78, 5) is 0.379. The molecule has 1 N–H and O–H groups in total. The number of sulfone groups is 1. The van der Waals surface area contributed by atoms with E-state index in [1.54, 1.807) is 24.3 Å². The molecule has 122 valence electrons. The first-order chi connectivity index (χ1) is 11.1. The van der Waals surface area contributed by atoms with E-state index in [9.17, 15) is 8.42 Å². The summed E-state index contributed by atoms with van der Waals surface area (Å²) in [5, 5.41) is 3.30. The van der Waals surface area contributed by atoms with Gasteiger partial charge >= 0.3 is 0 Å². The summed E-state index contributed by atoms with van der Waals surface area (Å²) in [5.74, 6) is 1.06. The quantitative estimate of drug-likeness (QED) is 0.884. The van der Waals surface area contributed by atoms with Gasteiger partial charge in [0.25, 0.3) is 0 Å². The van der Waals surface area contributed by atoms with Crippen LogP contribution >= 0.6 is 0 Å². The van der Waals surface area contributed by atoms with Gasteiger partial charge in [0.15, 0.2) is 9.84 Å².